The molecule has 0 saturated heterocycles. The van der Waals surface area contributed by atoms with Crippen molar-refractivity contribution in [1.29, 1.82) is 0 Å². The van der Waals surface area contributed by atoms with E-state index in [-0.39, 0.29) is 11.8 Å². The summed E-state index contributed by atoms with van der Waals surface area (Å²) in [5, 5.41) is 3.40. The third-order valence-electron chi connectivity index (χ3n) is 4.69. The van der Waals surface area contributed by atoms with Gasteiger partial charge in [-0.25, -0.2) is 9.78 Å². The number of methoxy groups -OCH3 is 1. The molecule has 6 heteroatoms. The van der Waals surface area contributed by atoms with Gasteiger partial charge in [-0.2, -0.15) is 0 Å². The topological polar surface area (TPSA) is 68.3 Å². The number of pyridine rings is 1. The van der Waals surface area contributed by atoms with Crippen LogP contribution < -0.4 is 5.32 Å². The summed E-state index contributed by atoms with van der Waals surface area (Å²) in [6.07, 6.45) is 6.96. The predicted octanol–water partition coefficient (Wildman–Crippen LogP) is 4.71. The van der Waals surface area contributed by atoms with Crippen LogP contribution in [0.3, 0.4) is 0 Å². The monoisotopic (exact) mass is 372 g/mol. The molecule has 1 aliphatic carbocycles. The maximum Gasteiger partial charge on any atom is 0.337 e. The first-order chi connectivity index (χ1) is 12.6. The van der Waals surface area contributed by atoms with E-state index >= 15 is 0 Å². The molecule has 1 heterocycles. The minimum absolute atomic E-state index is 0.0377. The molecule has 0 atom stereocenters. The van der Waals surface area contributed by atoms with E-state index in [9.17, 15) is 9.59 Å². The Balaban J connectivity index is 1.75. The average Bonchev–Trinajstić information content (AvgIpc) is 2.69. The molecule has 1 aromatic carbocycles. The number of benzene rings is 1. The smallest absolute Gasteiger partial charge is 0.337 e. The Hall–Kier alpha value is -2.40. The van der Waals surface area contributed by atoms with E-state index < -0.39 is 5.97 Å². The van der Waals surface area contributed by atoms with Crippen LogP contribution in [0.1, 0.15) is 42.5 Å². The molecule has 0 bridgehead atoms. The molecule has 1 amide bonds. The summed E-state index contributed by atoms with van der Waals surface area (Å²) in [5.41, 5.74) is 1.87. The fraction of sp³-hybridized carbons (Fsp3) is 0.350. The maximum absolute atomic E-state index is 12.3. The summed E-state index contributed by atoms with van der Waals surface area (Å²) < 4.78 is 4.74. The van der Waals surface area contributed by atoms with Crippen molar-refractivity contribution in [3.8, 4) is 11.1 Å². The fourth-order valence-electron chi connectivity index (χ4n) is 3.21. The molecular weight excluding hydrogens is 352 g/mol. The number of carbonyl (C=O) groups excluding carboxylic acids is 2. The van der Waals surface area contributed by atoms with Crippen LogP contribution in [-0.4, -0.2) is 24.0 Å². The van der Waals surface area contributed by atoms with Crippen LogP contribution in [0.2, 0.25) is 5.02 Å². The molecular formula is C20H21ClN2O3. The van der Waals surface area contributed by atoms with Gasteiger partial charge in [-0.3, -0.25) is 4.79 Å². The van der Waals surface area contributed by atoms with Gasteiger partial charge in [0, 0.05) is 28.3 Å². The highest BCUT2D eigenvalue weighted by Crippen LogP contribution is 2.30. The van der Waals surface area contributed by atoms with Gasteiger partial charge in [0.15, 0.2) is 0 Å². The van der Waals surface area contributed by atoms with Crippen molar-refractivity contribution in [2.24, 2.45) is 5.92 Å². The predicted molar refractivity (Wildman–Crippen MR) is 101 cm³/mol. The standard InChI is InChI=1S/C20H21ClN2O3/c1-26-20(25)14-7-9-17(21)16(11-14)15-8-10-18(22-12-15)23-19(24)13-5-3-2-4-6-13/h7-13H,2-6H2,1H3,(H,22,23,24). The molecule has 1 saturated carbocycles. The largest absolute Gasteiger partial charge is 0.465 e. The number of anilines is 1. The Bertz CT molecular complexity index is 799. The van der Waals surface area contributed by atoms with Crippen LogP contribution in [0.15, 0.2) is 36.5 Å². The van der Waals surface area contributed by atoms with Gasteiger partial charge in [0.2, 0.25) is 5.91 Å². The number of esters is 1. The molecule has 1 aliphatic rings. The van der Waals surface area contributed by atoms with Crippen molar-refractivity contribution in [2.75, 3.05) is 12.4 Å². The van der Waals surface area contributed by atoms with Gasteiger partial charge in [-0.05, 0) is 43.2 Å². The SMILES string of the molecule is COC(=O)c1ccc(Cl)c(-c2ccc(NC(=O)C3CCCCC3)nc2)c1. The Morgan fingerprint density at radius 2 is 1.92 bits per heavy atom. The molecule has 136 valence electrons. The van der Waals surface area contributed by atoms with Crippen LogP contribution in [0, 0.1) is 5.92 Å². The van der Waals surface area contributed by atoms with Crippen LogP contribution in [-0.2, 0) is 9.53 Å². The third-order valence-corrected chi connectivity index (χ3v) is 5.02. The van der Waals surface area contributed by atoms with Gasteiger partial charge < -0.3 is 10.1 Å². The van der Waals surface area contributed by atoms with Crippen LogP contribution in [0.25, 0.3) is 11.1 Å². The van der Waals surface area contributed by atoms with E-state index in [0.29, 0.717) is 22.0 Å². The second-order valence-corrected chi connectivity index (χ2v) is 6.85. The number of nitrogens with one attached hydrogen (secondary N) is 1. The minimum Gasteiger partial charge on any atom is -0.465 e. The lowest BCUT2D eigenvalue weighted by atomic mass is 9.89. The second-order valence-electron chi connectivity index (χ2n) is 6.44. The number of hydrogen-bond donors (Lipinski definition) is 1. The van der Waals surface area contributed by atoms with Crippen molar-refractivity contribution in [3.05, 3.63) is 47.1 Å². The number of nitrogens with zero attached hydrogens (tertiary/aromatic N) is 1. The van der Waals surface area contributed by atoms with E-state index in [1.54, 1.807) is 30.5 Å². The van der Waals surface area contributed by atoms with Gasteiger partial charge in [0.05, 0.1) is 12.7 Å². The van der Waals surface area contributed by atoms with Crippen LogP contribution in [0.4, 0.5) is 5.82 Å². The zero-order chi connectivity index (χ0) is 18.5. The van der Waals surface area contributed by atoms with Crippen molar-refractivity contribution in [3.63, 3.8) is 0 Å². The summed E-state index contributed by atoms with van der Waals surface area (Å²) in [6.45, 7) is 0. The molecule has 0 spiro atoms. The second kappa shape index (κ2) is 8.32. The number of halogens is 1. The molecule has 5 nitrogen and oxygen atoms in total. The Labute approximate surface area is 157 Å². The van der Waals surface area contributed by atoms with E-state index in [4.69, 9.17) is 16.3 Å². The highest BCUT2D eigenvalue weighted by atomic mass is 35.5. The highest BCUT2D eigenvalue weighted by Gasteiger charge is 2.21. The number of hydrogen-bond acceptors (Lipinski definition) is 4. The van der Waals surface area contributed by atoms with Crippen molar-refractivity contribution >= 4 is 29.3 Å². The van der Waals surface area contributed by atoms with Gasteiger partial charge in [-0.1, -0.05) is 30.9 Å². The summed E-state index contributed by atoms with van der Waals surface area (Å²) in [6, 6.07) is 8.51. The average molecular weight is 373 g/mol. The molecule has 1 fully saturated rings. The summed E-state index contributed by atoms with van der Waals surface area (Å²) in [7, 11) is 1.34. The van der Waals surface area contributed by atoms with E-state index in [2.05, 4.69) is 10.3 Å². The molecule has 2 aromatic rings. The van der Waals surface area contributed by atoms with Gasteiger partial charge in [0.25, 0.3) is 0 Å². The first-order valence-corrected chi connectivity index (χ1v) is 9.11. The van der Waals surface area contributed by atoms with Crippen molar-refractivity contribution < 1.29 is 14.3 Å². The van der Waals surface area contributed by atoms with Gasteiger partial charge in [-0.15, -0.1) is 0 Å². The van der Waals surface area contributed by atoms with Crippen LogP contribution in [0.5, 0.6) is 0 Å². The number of ether oxygens (including phenoxy) is 1. The molecule has 0 aliphatic heterocycles. The molecule has 0 unspecified atom stereocenters. The van der Waals surface area contributed by atoms with Crippen LogP contribution >= 0.6 is 11.6 Å². The molecule has 1 aromatic heterocycles. The third kappa shape index (κ3) is 4.22. The lowest BCUT2D eigenvalue weighted by Crippen LogP contribution is -2.25. The van der Waals surface area contributed by atoms with E-state index in [1.807, 2.05) is 6.07 Å². The highest BCUT2D eigenvalue weighted by molar-refractivity contribution is 6.33. The normalized spacial score (nSPS) is 14.7. The van der Waals surface area contributed by atoms with Gasteiger partial charge >= 0.3 is 5.97 Å². The Morgan fingerprint density at radius 1 is 1.15 bits per heavy atom. The molecule has 3 rings (SSSR count). The maximum atomic E-state index is 12.3. The van der Waals surface area contributed by atoms with Crippen molar-refractivity contribution in [2.45, 2.75) is 32.1 Å². The number of amides is 1. The summed E-state index contributed by atoms with van der Waals surface area (Å²) in [4.78, 5) is 28.3. The zero-order valence-electron chi connectivity index (χ0n) is 14.6. The van der Waals surface area contributed by atoms with Gasteiger partial charge in [0.1, 0.15) is 5.82 Å². The first-order valence-electron chi connectivity index (χ1n) is 8.73. The van der Waals surface area contributed by atoms with E-state index in [0.717, 1.165) is 31.2 Å². The Kier molecular flexibility index (Phi) is 5.89. The lowest BCUT2D eigenvalue weighted by molar-refractivity contribution is -0.120. The quantitative estimate of drug-likeness (QED) is 0.789. The summed E-state index contributed by atoms with van der Waals surface area (Å²) in [5.74, 6) is 0.212. The summed E-state index contributed by atoms with van der Waals surface area (Å²) >= 11 is 6.25. The first kappa shape index (κ1) is 18.4. The minimum atomic E-state index is -0.424. The molecule has 26 heavy (non-hydrogen) atoms. The number of aromatic nitrogens is 1. The zero-order valence-corrected chi connectivity index (χ0v) is 15.4. The number of carbonyl (C=O) groups is 2. The molecule has 0 radical (unpaired) electrons. The van der Waals surface area contributed by atoms with Crippen molar-refractivity contribution in [1.82, 2.24) is 4.98 Å². The number of rotatable bonds is 4. The van der Waals surface area contributed by atoms with E-state index in [1.165, 1.54) is 13.5 Å². The lowest BCUT2D eigenvalue weighted by Gasteiger charge is -2.20. The fourth-order valence-corrected chi connectivity index (χ4v) is 3.44. The Morgan fingerprint density at radius 3 is 2.58 bits per heavy atom. The molecule has 1 N–H and O–H groups in total.